The first kappa shape index (κ1) is 17.8. The van der Waals surface area contributed by atoms with Gasteiger partial charge in [-0.1, -0.05) is 12.2 Å². The number of allylic oxidation sites excluding steroid dienone is 2. The summed E-state index contributed by atoms with van der Waals surface area (Å²) in [6.45, 7) is 0.305. The van der Waals surface area contributed by atoms with E-state index in [-0.39, 0.29) is 19.4 Å². The van der Waals surface area contributed by atoms with E-state index in [0.29, 0.717) is 34.5 Å². The highest BCUT2D eigenvalue weighted by molar-refractivity contribution is 6.04. The van der Waals surface area contributed by atoms with Crippen molar-refractivity contribution in [3.63, 3.8) is 0 Å². The maximum Gasteiger partial charge on any atom is 0.231 e. The zero-order chi connectivity index (χ0) is 19.5. The third-order valence-electron chi connectivity index (χ3n) is 4.24. The average Bonchev–Trinajstić information content (AvgIpc) is 3.38. The Bertz CT molecular complexity index is 898. The molecule has 4 rings (SSSR count). The zero-order valence-electron chi connectivity index (χ0n) is 15.4. The molecule has 0 unspecified atom stereocenters. The summed E-state index contributed by atoms with van der Waals surface area (Å²) in [4.78, 5) is 12.2. The van der Waals surface area contributed by atoms with Gasteiger partial charge in [-0.3, -0.25) is 4.79 Å². The Morgan fingerprint density at radius 1 is 0.786 bits per heavy atom. The number of ether oxygens (including phenoxy) is 6. The summed E-state index contributed by atoms with van der Waals surface area (Å²) >= 11 is 0. The van der Waals surface area contributed by atoms with Crippen LogP contribution in [-0.2, 0) is 4.79 Å². The van der Waals surface area contributed by atoms with Crippen LogP contribution >= 0.6 is 0 Å². The zero-order valence-corrected chi connectivity index (χ0v) is 15.4. The highest BCUT2D eigenvalue weighted by Crippen LogP contribution is 2.43. The molecule has 2 aliphatic heterocycles. The van der Waals surface area contributed by atoms with Crippen molar-refractivity contribution < 1.29 is 33.2 Å². The minimum Gasteiger partial charge on any atom is -0.493 e. The monoisotopic (exact) mass is 382 g/mol. The molecule has 144 valence electrons. The van der Waals surface area contributed by atoms with Crippen LogP contribution in [0.25, 0.3) is 12.2 Å². The summed E-state index contributed by atoms with van der Waals surface area (Å²) in [5, 5.41) is 0. The fraction of sp³-hybridized carbons (Fsp3) is 0.190. The molecule has 0 atom stereocenters. The predicted molar refractivity (Wildman–Crippen MR) is 101 cm³/mol. The number of carbonyl (C=O) groups excluding carboxylic acids is 1. The summed E-state index contributed by atoms with van der Waals surface area (Å²) < 4.78 is 32.1. The summed E-state index contributed by atoms with van der Waals surface area (Å²) in [6, 6.07) is 7.15. The largest absolute Gasteiger partial charge is 0.493 e. The van der Waals surface area contributed by atoms with E-state index < -0.39 is 0 Å². The van der Waals surface area contributed by atoms with Gasteiger partial charge in [-0.25, -0.2) is 0 Å². The predicted octanol–water partition coefficient (Wildman–Crippen LogP) is 3.46. The Morgan fingerprint density at radius 3 is 1.68 bits per heavy atom. The van der Waals surface area contributed by atoms with Crippen LogP contribution in [0.3, 0.4) is 0 Å². The SMILES string of the molecule is COc1cc(C=CC(=O)C=Cc2cc(OC)c3c(c2)OCO3)cc2c1OCO2. The van der Waals surface area contributed by atoms with E-state index >= 15 is 0 Å². The molecule has 2 aliphatic rings. The standard InChI is InChI=1S/C21H18O7/c1-23-16-7-13(9-18-20(16)27-11-25-18)3-5-15(22)6-4-14-8-17(24-2)21-19(10-14)26-12-28-21/h3-10H,11-12H2,1-2H3. The number of ketones is 1. The highest BCUT2D eigenvalue weighted by atomic mass is 16.7. The fourth-order valence-corrected chi connectivity index (χ4v) is 2.90. The third kappa shape index (κ3) is 3.46. The van der Waals surface area contributed by atoms with Crippen molar-refractivity contribution in [2.24, 2.45) is 0 Å². The highest BCUT2D eigenvalue weighted by Gasteiger charge is 2.20. The molecule has 0 radical (unpaired) electrons. The smallest absolute Gasteiger partial charge is 0.231 e. The van der Waals surface area contributed by atoms with Crippen LogP contribution in [0, 0.1) is 0 Å². The first-order valence-corrected chi connectivity index (χ1v) is 8.53. The number of hydrogen-bond donors (Lipinski definition) is 0. The Morgan fingerprint density at radius 2 is 1.25 bits per heavy atom. The van der Waals surface area contributed by atoms with E-state index in [4.69, 9.17) is 28.4 Å². The van der Waals surface area contributed by atoms with Crippen molar-refractivity contribution >= 4 is 17.9 Å². The summed E-state index contributed by atoms with van der Waals surface area (Å²) in [6.07, 6.45) is 6.32. The molecule has 7 nitrogen and oxygen atoms in total. The van der Waals surface area contributed by atoms with E-state index in [0.717, 1.165) is 11.1 Å². The van der Waals surface area contributed by atoms with Crippen molar-refractivity contribution in [1.29, 1.82) is 0 Å². The molecule has 0 bridgehead atoms. The van der Waals surface area contributed by atoms with Crippen molar-refractivity contribution in [3.05, 3.63) is 47.5 Å². The van der Waals surface area contributed by atoms with Crippen molar-refractivity contribution in [1.82, 2.24) is 0 Å². The van der Waals surface area contributed by atoms with E-state index in [1.54, 1.807) is 50.6 Å². The molecule has 2 heterocycles. The lowest BCUT2D eigenvalue weighted by Crippen LogP contribution is -1.93. The van der Waals surface area contributed by atoms with Crippen LogP contribution in [0.1, 0.15) is 11.1 Å². The number of hydrogen-bond acceptors (Lipinski definition) is 7. The molecular formula is C21H18O7. The van der Waals surface area contributed by atoms with Crippen LogP contribution in [0.15, 0.2) is 36.4 Å². The van der Waals surface area contributed by atoms with Crippen molar-refractivity contribution in [2.45, 2.75) is 0 Å². The number of rotatable bonds is 6. The van der Waals surface area contributed by atoms with Gasteiger partial charge in [0.05, 0.1) is 14.2 Å². The number of benzene rings is 2. The quantitative estimate of drug-likeness (QED) is 0.709. The van der Waals surface area contributed by atoms with Crippen molar-refractivity contribution in [2.75, 3.05) is 27.8 Å². The number of methoxy groups -OCH3 is 2. The lowest BCUT2D eigenvalue weighted by molar-refractivity contribution is -0.110. The Kier molecular flexibility index (Phi) is 4.80. The van der Waals surface area contributed by atoms with E-state index in [1.807, 2.05) is 0 Å². The molecule has 0 spiro atoms. The molecule has 0 saturated carbocycles. The minimum absolute atomic E-state index is 0.152. The fourth-order valence-electron chi connectivity index (χ4n) is 2.90. The topological polar surface area (TPSA) is 72.5 Å². The molecule has 2 aromatic rings. The summed E-state index contributed by atoms with van der Waals surface area (Å²) in [5.41, 5.74) is 1.54. The molecule has 0 saturated heterocycles. The average molecular weight is 382 g/mol. The second kappa shape index (κ2) is 7.56. The normalized spacial score (nSPS) is 14.1. The third-order valence-corrected chi connectivity index (χ3v) is 4.24. The maximum absolute atomic E-state index is 12.2. The maximum atomic E-state index is 12.2. The number of fused-ring (bicyclic) bond motifs is 2. The van der Waals surface area contributed by atoms with E-state index in [2.05, 4.69) is 0 Å². The molecule has 0 aliphatic carbocycles. The molecule has 7 heteroatoms. The van der Waals surface area contributed by atoms with Gasteiger partial charge in [0.15, 0.2) is 28.8 Å². The Labute approximate surface area is 161 Å². The molecule has 28 heavy (non-hydrogen) atoms. The molecule has 0 N–H and O–H groups in total. The Hall–Kier alpha value is -3.61. The molecule has 0 amide bonds. The molecular weight excluding hydrogens is 364 g/mol. The van der Waals surface area contributed by atoms with Gasteiger partial charge in [-0.2, -0.15) is 0 Å². The first-order valence-electron chi connectivity index (χ1n) is 8.53. The summed E-state index contributed by atoms with van der Waals surface area (Å²) in [7, 11) is 3.11. The van der Waals surface area contributed by atoms with Crippen LogP contribution in [0.5, 0.6) is 34.5 Å². The Balaban J connectivity index is 1.49. The van der Waals surface area contributed by atoms with Gasteiger partial charge in [0.25, 0.3) is 0 Å². The van der Waals surface area contributed by atoms with E-state index in [1.165, 1.54) is 12.2 Å². The molecule has 0 aromatic heterocycles. The second-order valence-corrected chi connectivity index (χ2v) is 5.98. The second-order valence-electron chi connectivity index (χ2n) is 5.98. The van der Waals surface area contributed by atoms with Gasteiger partial charge in [-0.15, -0.1) is 0 Å². The molecule has 0 fully saturated rings. The number of carbonyl (C=O) groups is 1. The van der Waals surface area contributed by atoms with Crippen LogP contribution in [-0.4, -0.2) is 33.6 Å². The minimum atomic E-state index is -0.173. The molecule has 2 aromatic carbocycles. The van der Waals surface area contributed by atoms with Gasteiger partial charge in [0.2, 0.25) is 25.1 Å². The van der Waals surface area contributed by atoms with E-state index in [9.17, 15) is 4.79 Å². The lowest BCUT2D eigenvalue weighted by Gasteiger charge is -2.05. The van der Waals surface area contributed by atoms with Crippen molar-refractivity contribution in [3.8, 4) is 34.5 Å². The van der Waals surface area contributed by atoms with Crippen LogP contribution in [0.2, 0.25) is 0 Å². The van der Waals surface area contributed by atoms with Gasteiger partial charge < -0.3 is 28.4 Å². The van der Waals surface area contributed by atoms with Gasteiger partial charge >= 0.3 is 0 Å². The first-order chi connectivity index (χ1) is 13.7. The summed E-state index contributed by atoms with van der Waals surface area (Å²) in [5.74, 6) is 3.28. The van der Waals surface area contributed by atoms with Gasteiger partial charge in [-0.05, 0) is 47.5 Å². The van der Waals surface area contributed by atoms with Gasteiger partial charge in [0.1, 0.15) is 0 Å². The van der Waals surface area contributed by atoms with Gasteiger partial charge in [0, 0.05) is 0 Å². The lowest BCUT2D eigenvalue weighted by atomic mass is 10.1. The van der Waals surface area contributed by atoms with Crippen LogP contribution in [0.4, 0.5) is 0 Å². The van der Waals surface area contributed by atoms with Crippen LogP contribution < -0.4 is 28.4 Å².